The number of pyridine rings is 2. The predicted molar refractivity (Wildman–Crippen MR) is 161 cm³/mol. The molecule has 2 aliphatic rings. The van der Waals surface area contributed by atoms with E-state index in [2.05, 4.69) is 49.5 Å². The number of rotatable bonds is 5. The Morgan fingerprint density at radius 1 is 0.925 bits per heavy atom. The van der Waals surface area contributed by atoms with Crippen LogP contribution >= 0.6 is 0 Å². The lowest BCUT2D eigenvalue weighted by Gasteiger charge is -2.38. The van der Waals surface area contributed by atoms with Crippen LogP contribution in [0, 0.1) is 12.8 Å². The van der Waals surface area contributed by atoms with E-state index in [-0.39, 0.29) is 5.92 Å². The molecule has 2 fully saturated rings. The number of aromatic nitrogens is 4. The summed E-state index contributed by atoms with van der Waals surface area (Å²) in [6.45, 7) is 10.4. The fourth-order valence-corrected chi connectivity index (χ4v) is 6.05. The summed E-state index contributed by atoms with van der Waals surface area (Å²) in [5.74, 6) is 1.92. The third-order valence-corrected chi connectivity index (χ3v) is 8.07. The molecule has 40 heavy (non-hydrogen) atoms. The van der Waals surface area contributed by atoms with Crippen LogP contribution < -0.4 is 5.73 Å². The highest BCUT2D eigenvalue weighted by Gasteiger charge is 2.32. The third kappa shape index (κ3) is 6.02. The van der Waals surface area contributed by atoms with Crippen molar-refractivity contribution in [1.29, 1.82) is 0 Å². The zero-order valence-electron chi connectivity index (χ0n) is 24.0. The van der Waals surface area contributed by atoms with Gasteiger partial charge in [-0.25, -0.2) is 9.97 Å². The Morgan fingerprint density at radius 2 is 1.70 bits per heavy atom. The van der Waals surface area contributed by atoms with Crippen LogP contribution in [0.15, 0.2) is 60.9 Å². The van der Waals surface area contributed by atoms with Crippen LogP contribution in [-0.2, 0) is 11.3 Å². The maximum Gasteiger partial charge on any atom is 0.225 e. The lowest BCUT2D eigenvalue weighted by molar-refractivity contribution is -0.138. The highest BCUT2D eigenvalue weighted by Crippen LogP contribution is 2.34. The Balaban J connectivity index is 0.00000158. The standard InChI is InChI=1S/C30H35N7O.C2H6/c1-21-5-6-27-26(18-21)34-29(25-4-2-3-12-32-25)37(27)24-10-16-36(17-11-24)30(38)23-8-14-35(15-9-23)20-22-7-13-33-28(31)19-22;1-2/h2-7,12-13,18-19,23-24H,8-11,14-17,20H2,1H3,(H2,31,33);1-2H3. The fraction of sp³-hybridized carbons (Fsp3) is 0.438. The SMILES string of the molecule is CC.Cc1ccc2c(c1)nc(-c1ccccn1)n2C1CCN(C(=O)C2CCN(Cc3ccnc(N)c3)CC2)CC1. The average Bonchev–Trinajstić information content (AvgIpc) is 3.37. The number of nitrogens with zero attached hydrogens (tertiary/aromatic N) is 6. The monoisotopic (exact) mass is 539 g/mol. The second kappa shape index (κ2) is 12.6. The number of carbonyl (C=O) groups excluding carboxylic acids is 1. The van der Waals surface area contributed by atoms with Crippen LogP contribution in [0.25, 0.3) is 22.6 Å². The molecule has 0 spiro atoms. The van der Waals surface area contributed by atoms with Gasteiger partial charge in [0.25, 0.3) is 0 Å². The molecular formula is C32H41N7O. The first-order valence-electron chi connectivity index (χ1n) is 14.7. The Bertz CT molecular complexity index is 1420. The molecule has 0 bridgehead atoms. The maximum atomic E-state index is 13.4. The first kappa shape index (κ1) is 27.8. The van der Waals surface area contributed by atoms with Crippen molar-refractivity contribution in [2.75, 3.05) is 31.9 Å². The molecule has 4 aromatic rings. The molecular weight excluding hydrogens is 498 g/mol. The molecule has 0 atom stereocenters. The number of amides is 1. The normalized spacial score (nSPS) is 17.0. The van der Waals surface area contributed by atoms with Crippen molar-refractivity contribution in [1.82, 2.24) is 29.3 Å². The smallest absolute Gasteiger partial charge is 0.225 e. The number of fused-ring (bicyclic) bond motifs is 1. The van der Waals surface area contributed by atoms with E-state index < -0.39 is 0 Å². The molecule has 2 N–H and O–H groups in total. The van der Waals surface area contributed by atoms with Crippen LogP contribution in [0.2, 0.25) is 0 Å². The number of benzene rings is 1. The minimum atomic E-state index is 0.117. The Hall–Kier alpha value is -3.78. The number of nitrogen functional groups attached to an aromatic ring is 1. The van der Waals surface area contributed by atoms with Gasteiger partial charge in [0.2, 0.25) is 5.91 Å². The topological polar surface area (TPSA) is 93.2 Å². The minimum Gasteiger partial charge on any atom is -0.384 e. The van der Waals surface area contributed by atoms with Crippen molar-refractivity contribution >= 4 is 22.8 Å². The average molecular weight is 540 g/mol. The summed E-state index contributed by atoms with van der Waals surface area (Å²) in [6.07, 6.45) is 7.25. The zero-order chi connectivity index (χ0) is 28.1. The number of aryl methyl sites for hydroxylation is 1. The van der Waals surface area contributed by atoms with E-state index in [1.807, 2.05) is 50.4 Å². The number of anilines is 1. The van der Waals surface area contributed by atoms with Gasteiger partial charge in [-0.2, -0.15) is 0 Å². The van der Waals surface area contributed by atoms with Gasteiger partial charge < -0.3 is 15.2 Å². The molecule has 3 aromatic heterocycles. The number of imidazole rings is 1. The molecule has 2 aliphatic heterocycles. The quantitative estimate of drug-likeness (QED) is 0.361. The highest BCUT2D eigenvalue weighted by atomic mass is 16.2. The van der Waals surface area contributed by atoms with Gasteiger partial charge in [-0.1, -0.05) is 26.0 Å². The molecule has 8 nitrogen and oxygen atoms in total. The van der Waals surface area contributed by atoms with E-state index in [9.17, 15) is 4.79 Å². The lowest BCUT2D eigenvalue weighted by atomic mass is 9.93. The molecule has 5 heterocycles. The van der Waals surface area contributed by atoms with Gasteiger partial charge in [-0.3, -0.25) is 14.7 Å². The van der Waals surface area contributed by atoms with Crippen molar-refractivity contribution in [3.05, 3.63) is 72.1 Å². The second-order valence-corrected chi connectivity index (χ2v) is 10.7. The number of likely N-dealkylation sites (tertiary alicyclic amines) is 2. The first-order chi connectivity index (χ1) is 19.5. The predicted octanol–water partition coefficient (Wildman–Crippen LogP) is 5.49. The van der Waals surface area contributed by atoms with Crippen molar-refractivity contribution in [2.24, 2.45) is 5.92 Å². The summed E-state index contributed by atoms with van der Waals surface area (Å²) in [6, 6.07) is 16.7. The van der Waals surface area contributed by atoms with Gasteiger partial charge >= 0.3 is 0 Å². The van der Waals surface area contributed by atoms with E-state index in [1.165, 1.54) is 11.1 Å². The molecule has 1 amide bonds. The van der Waals surface area contributed by atoms with Gasteiger partial charge in [0.05, 0.1) is 11.0 Å². The summed E-state index contributed by atoms with van der Waals surface area (Å²) >= 11 is 0. The number of nitrogens with two attached hydrogens (primary N) is 1. The molecule has 0 radical (unpaired) electrons. The molecule has 8 heteroatoms. The minimum absolute atomic E-state index is 0.117. The van der Waals surface area contributed by atoms with Gasteiger partial charge in [0.1, 0.15) is 11.5 Å². The fourth-order valence-electron chi connectivity index (χ4n) is 6.05. The molecule has 2 saturated heterocycles. The Morgan fingerprint density at radius 3 is 2.40 bits per heavy atom. The van der Waals surface area contributed by atoms with Gasteiger partial charge in [-0.15, -0.1) is 0 Å². The number of hydrogen-bond acceptors (Lipinski definition) is 6. The Kier molecular flexibility index (Phi) is 8.75. The van der Waals surface area contributed by atoms with E-state index in [0.717, 1.165) is 81.0 Å². The second-order valence-electron chi connectivity index (χ2n) is 10.7. The summed E-state index contributed by atoms with van der Waals surface area (Å²) < 4.78 is 2.36. The molecule has 6 rings (SSSR count). The molecule has 0 saturated carbocycles. The van der Waals surface area contributed by atoms with E-state index >= 15 is 0 Å². The highest BCUT2D eigenvalue weighted by molar-refractivity contribution is 5.81. The zero-order valence-corrected chi connectivity index (χ0v) is 24.0. The summed E-state index contributed by atoms with van der Waals surface area (Å²) in [5.41, 5.74) is 11.2. The summed E-state index contributed by atoms with van der Waals surface area (Å²) in [7, 11) is 0. The van der Waals surface area contributed by atoms with Crippen molar-refractivity contribution in [3.8, 4) is 11.5 Å². The molecule has 1 aromatic carbocycles. The lowest BCUT2D eigenvalue weighted by Crippen LogP contribution is -2.45. The summed E-state index contributed by atoms with van der Waals surface area (Å²) in [5, 5.41) is 0. The number of carbonyl (C=O) groups is 1. The van der Waals surface area contributed by atoms with Crippen LogP contribution in [0.1, 0.15) is 56.7 Å². The van der Waals surface area contributed by atoms with Crippen molar-refractivity contribution in [3.63, 3.8) is 0 Å². The molecule has 0 unspecified atom stereocenters. The van der Waals surface area contributed by atoms with Crippen LogP contribution in [0.3, 0.4) is 0 Å². The van der Waals surface area contributed by atoms with Crippen LogP contribution in [0.5, 0.6) is 0 Å². The maximum absolute atomic E-state index is 13.4. The van der Waals surface area contributed by atoms with Crippen LogP contribution in [0.4, 0.5) is 5.82 Å². The molecule has 210 valence electrons. The van der Waals surface area contributed by atoms with E-state index in [1.54, 1.807) is 6.20 Å². The number of hydrogen-bond donors (Lipinski definition) is 1. The first-order valence-corrected chi connectivity index (χ1v) is 14.7. The van der Waals surface area contributed by atoms with Crippen molar-refractivity contribution in [2.45, 2.75) is 59.0 Å². The van der Waals surface area contributed by atoms with Gasteiger partial charge in [0, 0.05) is 44.0 Å². The Labute approximate surface area is 237 Å². The molecule has 0 aliphatic carbocycles. The number of piperidine rings is 2. The third-order valence-electron chi connectivity index (χ3n) is 8.07. The largest absolute Gasteiger partial charge is 0.384 e. The van der Waals surface area contributed by atoms with Gasteiger partial charge in [0.15, 0.2) is 5.82 Å². The van der Waals surface area contributed by atoms with Crippen molar-refractivity contribution < 1.29 is 4.79 Å². The van der Waals surface area contributed by atoms with E-state index in [4.69, 9.17) is 10.7 Å². The van der Waals surface area contributed by atoms with Crippen LogP contribution in [-0.4, -0.2) is 61.4 Å². The van der Waals surface area contributed by atoms with E-state index in [0.29, 0.717) is 17.8 Å². The summed E-state index contributed by atoms with van der Waals surface area (Å²) in [4.78, 5) is 31.6. The van der Waals surface area contributed by atoms with Gasteiger partial charge in [-0.05, 0) is 93.2 Å².